The zero-order valence-corrected chi connectivity index (χ0v) is 13.3. The maximum absolute atomic E-state index is 3.99. The van der Waals surface area contributed by atoms with Gasteiger partial charge in [0.15, 0.2) is 0 Å². The van der Waals surface area contributed by atoms with E-state index >= 15 is 0 Å². The SMILES string of the molecule is C=CCN1C2=C3CC1C(C)C1(C)CNC/C=C\C3=C1CC2. The Labute approximate surface area is 128 Å². The van der Waals surface area contributed by atoms with Gasteiger partial charge in [0, 0.05) is 36.8 Å². The summed E-state index contributed by atoms with van der Waals surface area (Å²) < 4.78 is 0. The van der Waals surface area contributed by atoms with E-state index in [0.717, 1.165) is 19.6 Å². The summed E-state index contributed by atoms with van der Waals surface area (Å²) in [6.07, 6.45) is 10.5. The van der Waals surface area contributed by atoms with Crippen LogP contribution in [0.5, 0.6) is 0 Å². The number of hydrogen-bond acceptors (Lipinski definition) is 2. The summed E-state index contributed by atoms with van der Waals surface area (Å²) in [5, 5.41) is 3.65. The minimum atomic E-state index is 0.290. The molecule has 0 amide bonds. The van der Waals surface area contributed by atoms with Gasteiger partial charge in [0.2, 0.25) is 0 Å². The molecule has 0 saturated heterocycles. The Morgan fingerprint density at radius 2 is 2.33 bits per heavy atom. The first-order valence-electron chi connectivity index (χ1n) is 8.37. The Kier molecular flexibility index (Phi) is 2.94. The molecular weight excluding hydrogens is 256 g/mol. The largest absolute Gasteiger partial charge is 0.367 e. The van der Waals surface area contributed by atoms with Gasteiger partial charge in [-0.3, -0.25) is 0 Å². The van der Waals surface area contributed by atoms with E-state index in [0.29, 0.717) is 12.0 Å². The standard InChI is InChI=1S/C19H26N2/c1-4-10-21-17-8-7-16-14-6-5-9-20-12-19(16,3)13(2)18(21)11-15(14)17/h4-6,13,18,20H,1,7-12H2,2-3H3/b6-5-. The fraction of sp³-hybridized carbons (Fsp3) is 0.579. The number of fused-ring (bicyclic) bond motifs is 1. The first kappa shape index (κ1) is 13.4. The van der Waals surface area contributed by atoms with Gasteiger partial charge >= 0.3 is 0 Å². The molecule has 2 aliphatic carbocycles. The summed E-state index contributed by atoms with van der Waals surface area (Å²) >= 11 is 0. The van der Waals surface area contributed by atoms with E-state index < -0.39 is 0 Å². The van der Waals surface area contributed by atoms with Gasteiger partial charge in [0.05, 0.1) is 0 Å². The molecule has 4 aliphatic rings. The minimum absolute atomic E-state index is 0.290. The monoisotopic (exact) mass is 282 g/mol. The molecule has 0 saturated carbocycles. The summed E-state index contributed by atoms with van der Waals surface area (Å²) in [6, 6.07) is 0.652. The smallest absolute Gasteiger partial charge is 0.0366 e. The van der Waals surface area contributed by atoms with Crippen LogP contribution in [0.1, 0.15) is 33.1 Å². The van der Waals surface area contributed by atoms with Gasteiger partial charge < -0.3 is 10.2 Å². The molecule has 3 atom stereocenters. The van der Waals surface area contributed by atoms with Crippen molar-refractivity contribution in [2.45, 2.75) is 39.2 Å². The molecule has 112 valence electrons. The lowest BCUT2D eigenvalue weighted by Gasteiger charge is -2.48. The highest BCUT2D eigenvalue weighted by Crippen LogP contribution is 2.56. The zero-order valence-electron chi connectivity index (χ0n) is 13.3. The van der Waals surface area contributed by atoms with E-state index in [4.69, 9.17) is 0 Å². The third kappa shape index (κ3) is 1.69. The number of likely N-dealkylation sites (tertiary alicyclic amines) is 1. The number of nitrogens with zero attached hydrogens (tertiary/aromatic N) is 1. The molecule has 0 aromatic heterocycles. The molecule has 2 heterocycles. The molecule has 1 N–H and O–H groups in total. The van der Waals surface area contributed by atoms with Gasteiger partial charge in [-0.25, -0.2) is 0 Å². The normalized spacial score (nSPS) is 39.2. The molecule has 0 spiro atoms. The summed E-state index contributed by atoms with van der Waals surface area (Å²) in [5.74, 6) is 0.678. The Morgan fingerprint density at radius 3 is 3.14 bits per heavy atom. The number of hydrogen-bond donors (Lipinski definition) is 1. The minimum Gasteiger partial charge on any atom is -0.367 e. The lowest BCUT2D eigenvalue weighted by molar-refractivity contribution is 0.118. The van der Waals surface area contributed by atoms with Gasteiger partial charge in [-0.05, 0) is 36.3 Å². The predicted octanol–water partition coefficient (Wildman–Crippen LogP) is 3.41. The van der Waals surface area contributed by atoms with E-state index in [1.807, 2.05) is 0 Å². The van der Waals surface area contributed by atoms with Crippen LogP contribution in [0.2, 0.25) is 0 Å². The molecule has 0 fully saturated rings. The van der Waals surface area contributed by atoms with Crippen LogP contribution in [0, 0.1) is 11.3 Å². The summed E-state index contributed by atoms with van der Waals surface area (Å²) in [5.41, 5.74) is 6.86. The average Bonchev–Trinajstić information content (AvgIpc) is 2.80. The van der Waals surface area contributed by atoms with E-state index in [9.17, 15) is 0 Å². The third-order valence-corrected chi connectivity index (χ3v) is 6.41. The van der Waals surface area contributed by atoms with Crippen LogP contribution in [0.25, 0.3) is 0 Å². The third-order valence-electron chi connectivity index (χ3n) is 6.41. The average molecular weight is 282 g/mol. The topological polar surface area (TPSA) is 15.3 Å². The molecule has 0 aromatic carbocycles. The maximum Gasteiger partial charge on any atom is 0.0366 e. The van der Waals surface area contributed by atoms with Crippen molar-refractivity contribution < 1.29 is 0 Å². The van der Waals surface area contributed by atoms with Crippen LogP contribution in [0.3, 0.4) is 0 Å². The van der Waals surface area contributed by atoms with Crippen molar-refractivity contribution >= 4 is 0 Å². The molecule has 4 rings (SSSR count). The molecule has 5 bridgehead atoms. The van der Waals surface area contributed by atoms with E-state index in [-0.39, 0.29) is 5.41 Å². The molecule has 2 heteroatoms. The quantitative estimate of drug-likeness (QED) is 0.781. The summed E-state index contributed by atoms with van der Waals surface area (Å²) in [7, 11) is 0. The molecule has 0 aromatic rings. The Hall–Kier alpha value is -1.28. The summed E-state index contributed by atoms with van der Waals surface area (Å²) in [4.78, 5) is 2.66. The second-order valence-electron chi connectivity index (χ2n) is 7.27. The lowest BCUT2D eigenvalue weighted by Crippen LogP contribution is -2.49. The molecule has 21 heavy (non-hydrogen) atoms. The van der Waals surface area contributed by atoms with Crippen molar-refractivity contribution in [2.24, 2.45) is 11.3 Å². The van der Waals surface area contributed by atoms with Crippen molar-refractivity contribution in [3.63, 3.8) is 0 Å². The van der Waals surface area contributed by atoms with E-state index in [2.05, 4.69) is 48.9 Å². The second kappa shape index (κ2) is 4.61. The van der Waals surface area contributed by atoms with Crippen LogP contribution in [-0.4, -0.2) is 30.6 Å². The maximum atomic E-state index is 3.99. The molecule has 3 unspecified atom stereocenters. The molecule has 2 aliphatic heterocycles. The number of nitrogens with one attached hydrogen (secondary N) is 1. The highest BCUT2D eigenvalue weighted by molar-refractivity contribution is 5.55. The Bertz CT molecular complexity index is 580. The first-order chi connectivity index (χ1) is 10.2. The van der Waals surface area contributed by atoms with Gasteiger partial charge in [-0.15, -0.1) is 6.58 Å². The van der Waals surface area contributed by atoms with Gasteiger partial charge in [0.25, 0.3) is 0 Å². The zero-order chi connectivity index (χ0) is 14.6. The lowest BCUT2D eigenvalue weighted by atomic mass is 9.65. The summed E-state index contributed by atoms with van der Waals surface area (Å²) in [6.45, 7) is 12.1. The fourth-order valence-corrected chi connectivity index (χ4v) is 5.12. The molecule has 2 nitrogen and oxygen atoms in total. The van der Waals surface area contributed by atoms with Crippen LogP contribution in [0.4, 0.5) is 0 Å². The second-order valence-corrected chi connectivity index (χ2v) is 7.27. The van der Waals surface area contributed by atoms with Crippen LogP contribution < -0.4 is 5.32 Å². The van der Waals surface area contributed by atoms with Crippen molar-refractivity contribution in [2.75, 3.05) is 19.6 Å². The van der Waals surface area contributed by atoms with Crippen molar-refractivity contribution in [3.05, 3.63) is 47.2 Å². The molecule has 0 radical (unpaired) electrons. The van der Waals surface area contributed by atoms with Gasteiger partial charge in [0.1, 0.15) is 0 Å². The van der Waals surface area contributed by atoms with Crippen LogP contribution in [0.15, 0.2) is 47.2 Å². The highest BCUT2D eigenvalue weighted by Gasteiger charge is 2.50. The van der Waals surface area contributed by atoms with Crippen LogP contribution in [-0.2, 0) is 0 Å². The molecular formula is C19H26N2. The Balaban J connectivity index is 1.94. The fourth-order valence-electron chi connectivity index (χ4n) is 5.12. The highest BCUT2D eigenvalue weighted by atomic mass is 15.2. The van der Waals surface area contributed by atoms with Crippen molar-refractivity contribution in [1.82, 2.24) is 10.2 Å². The van der Waals surface area contributed by atoms with Gasteiger partial charge in [-0.1, -0.05) is 37.6 Å². The number of allylic oxidation sites excluding steroid dienone is 3. The van der Waals surface area contributed by atoms with Gasteiger partial charge in [-0.2, -0.15) is 0 Å². The number of rotatable bonds is 2. The van der Waals surface area contributed by atoms with Crippen molar-refractivity contribution in [3.8, 4) is 0 Å². The van der Waals surface area contributed by atoms with E-state index in [1.54, 1.807) is 22.4 Å². The van der Waals surface area contributed by atoms with Crippen molar-refractivity contribution in [1.29, 1.82) is 0 Å². The van der Waals surface area contributed by atoms with E-state index in [1.165, 1.54) is 19.3 Å². The predicted molar refractivity (Wildman–Crippen MR) is 87.9 cm³/mol. The Morgan fingerprint density at radius 1 is 1.48 bits per heavy atom. The first-order valence-corrected chi connectivity index (χ1v) is 8.37. The van der Waals surface area contributed by atoms with Crippen LogP contribution >= 0.6 is 0 Å².